The minimum atomic E-state index is -0.366. The van der Waals surface area contributed by atoms with Crippen LogP contribution in [0, 0.1) is 56.7 Å². The molecular formula is C38H53BrO4. The summed E-state index contributed by atoms with van der Waals surface area (Å²) < 4.78 is 12.8. The van der Waals surface area contributed by atoms with Crippen LogP contribution in [0.5, 0.6) is 0 Å². The fourth-order valence-electron chi connectivity index (χ4n) is 12.0. The summed E-state index contributed by atoms with van der Waals surface area (Å²) in [6.45, 7) is 17.3. The maximum atomic E-state index is 13.6. The van der Waals surface area contributed by atoms with Crippen molar-refractivity contribution in [2.45, 2.75) is 112 Å². The molecule has 0 bridgehead atoms. The summed E-state index contributed by atoms with van der Waals surface area (Å²) in [5.41, 5.74) is 2.14. The molecule has 4 fully saturated rings. The van der Waals surface area contributed by atoms with Crippen LogP contribution in [0.15, 0.2) is 40.4 Å². The van der Waals surface area contributed by atoms with Crippen LogP contribution < -0.4 is 0 Å². The number of carbonyl (C=O) groups is 2. The predicted molar refractivity (Wildman–Crippen MR) is 174 cm³/mol. The van der Waals surface area contributed by atoms with E-state index in [4.69, 9.17) is 9.47 Å². The number of hydrogen-bond acceptors (Lipinski definition) is 4. The largest absolute Gasteiger partial charge is 0.469 e. The summed E-state index contributed by atoms with van der Waals surface area (Å²) in [4.78, 5) is 26.8. The fraction of sp³-hybridized carbons (Fsp3) is 0.737. The summed E-state index contributed by atoms with van der Waals surface area (Å²) in [5.74, 6) is 2.23. The van der Waals surface area contributed by atoms with Gasteiger partial charge < -0.3 is 9.47 Å². The Morgan fingerprint density at radius 3 is 2.23 bits per heavy atom. The van der Waals surface area contributed by atoms with Crippen molar-refractivity contribution < 1.29 is 19.1 Å². The van der Waals surface area contributed by atoms with Crippen LogP contribution in [0.1, 0.15) is 117 Å². The van der Waals surface area contributed by atoms with Gasteiger partial charge in [0.25, 0.3) is 0 Å². The van der Waals surface area contributed by atoms with Gasteiger partial charge in [0, 0.05) is 9.89 Å². The van der Waals surface area contributed by atoms with Gasteiger partial charge in [-0.25, -0.2) is 4.79 Å². The average molecular weight is 654 g/mol. The van der Waals surface area contributed by atoms with Crippen molar-refractivity contribution in [1.82, 2.24) is 0 Å². The molecule has 0 aromatic heterocycles. The van der Waals surface area contributed by atoms with E-state index >= 15 is 0 Å². The van der Waals surface area contributed by atoms with Crippen LogP contribution in [0.4, 0.5) is 0 Å². The fourth-order valence-corrected chi connectivity index (χ4v) is 12.3. The molecule has 5 aliphatic carbocycles. The number of benzene rings is 1. The van der Waals surface area contributed by atoms with Gasteiger partial charge in [-0.05, 0) is 128 Å². The number of allylic oxidation sites excluding steroid dienone is 2. The van der Waals surface area contributed by atoms with Gasteiger partial charge >= 0.3 is 11.9 Å². The van der Waals surface area contributed by atoms with Crippen LogP contribution in [-0.4, -0.2) is 25.2 Å². The van der Waals surface area contributed by atoms with E-state index in [1.54, 1.807) is 12.7 Å². The highest BCUT2D eigenvalue weighted by Gasteiger charge is 2.70. The number of hydrogen-bond donors (Lipinski definition) is 0. The summed E-state index contributed by atoms with van der Waals surface area (Å²) in [6.07, 6.45) is 12.0. The molecule has 4 saturated carbocycles. The van der Waals surface area contributed by atoms with Crippen LogP contribution in [0.2, 0.25) is 0 Å². The van der Waals surface area contributed by atoms with E-state index in [0.717, 1.165) is 55.8 Å². The van der Waals surface area contributed by atoms with Crippen molar-refractivity contribution in [3.8, 4) is 0 Å². The number of fused-ring (bicyclic) bond motifs is 7. The molecule has 4 nitrogen and oxygen atoms in total. The van der Waals surface area contributed by atoms with Gasteiger partial charge in [-0.1, -0.05) is 76.0 Å². The molecular weight excluding hydrogens is 600 g/mol. The van der Waals surface area contributed by atoms with Crippen LogP contribution in [0.25, 0.3) is 0 Å². The van der Waals surface area contributed by atoms with E-state index in [-0.39, 0.29) is 51.0 Å². The monoisotopic (exact) mass is 652 g/mol. The van der Waals surface area contributed by atoms with Crippen molar-refractivity contribution >= 4 is 27.9 Å². The summed E-state index contributed by atoms with van der Waals surface area (Å²) >= 11 is 3.47. The van der Waals surface area contributed by atoms with E-state index in [9.17, 15) is 9.59 Å². The van der Waals surface area contributed by atoms with Crippen LogP contribution in [0.3, 0.4) is 0 Å². The molecule has 0 saturated heterocycles. The van der Waals surface area contributed by atoms with Crippen molar-refractivity contribution in [2.24, 2.45) is 56.7 Å². The molecule has 0 heterocycles. The van der Waals surface area contributed by atoms with Crippen molar-refractivity contribution in [2.75, 3.05) is 7.11 Å². The normalized spacial score (nSPS) is 44.9. The highest BCUT2D eigenvalue weighted by Crippen LogP contribution is 2.76. The Labute approximate surface area is 268 Å². The minimum absolute atomic E-state index is 0.0277. The Kier molecular flexibility index (Phi) is 7.63. The van der Waals surface area contributed by atoms with Crippen molar-refractivity contribution in [1.29, 1.82) is 0 Å². The molecule has 5 heteroatoms. The highest BCUT2D eigenvalue weighted by molar-refractivity contribution is 9.10. The Morgan fingerprint density at radius 1 is 0.860 bits per heavy atom. The van der Waals surface area contributed by atoms with Gasteiger partial charge in [-0.3, -0.25) is 4.79 Å². The van der Waals surface area contributed by atoms with Gasteiger partial charge in [0.05, 0.1) is 18.1 Å². The first kappa shape index (κ1) is 31.4. The smallest absolute Gasteiger partial charge is 0.338 e. The zero-order valence-corrected chi connectivity index (χ0v) is 29.3. The summed E-state index contributed by atoms with van der Waals surface area (Å²) in [6, 6.07) is 7.50. The molecule has 0 aliphatic heterocycles. The lowest BCUT2D eigenvalue weighted by Gasteiger charge is -2.71. The number of methoxy groups -OCH3 is 1. The van der Waals surface area contributed by atoms with E-state index in [2.05, 4.69) is 70.5 Å². The SMILES string of the molecule is COC(=O)[C@]12CC[C@@H](C)[C@H](C)[C@H]1C1=CC[C@@H]3[C@@]4(C)CC[C@H](OC(=O)c5ccc(Br)cc5)C(C)(C)[C@@H]4CC[C@@]3(C)[C@]1(C)CC2. The number of carbonyl (C=O) groups excluding carboxylic acids is 2. The molecule has 10 atom stereocenters. The molecule has 5 aliphatic rings. The highest BCUT2D eigenvalue weighted by atomic mass is 79.9. The lowest BCUT2D eigenvalue weighted by Crippen LogP contribution is -2.65. The molecule has 0 radical (unpaired) electrons. The molecule has 0 amide bonds. The van der Waals surface area contributed by atoms with Gasteiger partial charge in [0.15, 0.2) is 0 Å². The molecule has 43 heavy (non-hydrogen) atoms. The molecule has 236 valence electrons. The van der Waals surface area contributed by atoms with E-state index in [1.807, 2.05) is 24.3 Å². The predicted octanol–water partition coefficient (Wildman–Crippen LogP) is 9.81. The maximum absolute atomic E-state index is 13.6. The van der Waals surface area contributed by atoms with Crippen molar-refractivity contribution in [3.63, 3.8) is 0 Å². The Hall–Kier alpha value is -1.62. The molecule has 0 spiro atoms. The van der Waals surface area contributed by atoms with Crippen LogP contribution in [-0.2, 0) is 14.3 Å². The average Bonchev–Trinajstić information content (AvgIpc) is 2.96. The second-order valence-corrected chi connectivity index (χ2v) is 17.5. The third kappa shape index (κ3) is 4.32. The number of rotatable bonds is 3. The first-order valence-electron chi connectivity index (χ1n) is 16.9. The third-order valence-electron chi connectivity index (χ3n) is 14.8. The molecule has 0 N–H and O–H groups in total. The van der Waals surface area contributed by atoms with Crippen molar-refractivity contribution in [3.05, 3.63) is 46.0 Å². The molecule has 0 unspecified atom stereocenters. The maximum Gasteiger partial charge on any atom is 0.338 e. The second-order valence-electron chi connectivity index (χ2n) is 16.6. The number of ether oxygens (including phenoxy) is 2. The Bertz CT molecular complexity index is 1320. The van der Waals surface area contributed by atoms with Gasteiger partial charge in [0.2, 0.25) is 0 Å². The van der Waals surface area contributed by atoms with Crippen LogP contribution >= 0.6 is 15.9 Å². The number of esters is 2. The van der Waals surface area contributed by atoms with Gasteiger partial charge in [0.1, 0.15) is 6.10 Å². The van der Waals surface area contributed by atoms with Gasteiger partial charge in [-0.2, -0.15) is 0 Å². The van der Waals surface area contributed by atoms with Gasteiger partial charge in [-0.15, -0.1) is 0 Å². The third-order valence-corrected chi connectivity index (χ3v) is 15.4. The van der Waals surface area contributed by atoms with E-state index in [1.165, 1.54) is 6.42 Å². The first-order valence-corrected chi connectivity index (χ1v) is 17.7. The molecule has 1 aromatic carbocycles. The van der Waals surface area contributed by atoms with E-state index in [0.29, 0.717) is 29.2 Å². The quantitative estimate of drug-likeness (QED) is 0.241. The Morgan fingerprint density at radius 2 is 1.56 bits per heavy atom. The standard InChI is InChI=1S/C38H53BrO4/c1-23-15-20-38(33(41)42-8)22-21-36(6)27(31(38)24(23)2)13-14-29-35(5)18-17-30(34(3,4)28(35)16-19-37(29,36)7)43-32(40)25-9-11-26(39)12-10-25/h9-13,23-24,28-31H,14-22H2,1-8H3/t23-,24+,28+,29-,30+,31+,35+,36-,37-,38+/m1/s1. The summed E-state index contributed by atoms with van der Waals surface area (Å²) in [7, 11) is 1.59. The first-order chi connectivity index (χ1) is 20.2. The number of halogens is 1. The lowest BCUT2D eigenvalue weighted by atomic mass is 9.33. The van der Waals surface area contributed by atoms with E-state index < -0.39 is 0 Å². The second kappa shape index (κ2) is 10.5. The molecule has 1 aromatic rings. The minimum Gasteiger partial charge on any atom is -0.469 e. The molecule has 6 rings (SSSR count). The topological polar surface area (TPSA) is 52.6 Å². The Balaban J connectivity index is 1.32. The zero-order chi connectivity index (χ0) is 31.2. The zero-order valence-electron chi connectivity index (χ0n) is 27.7. The summed E-state index contributed by atoms with van der Waals surface area (Å²) in [5, 5.41) is 0. The lowest BCUT2D eigenvalue weighted by molar-refractivity contribution is -0.207.